The molecular formula is C12H20. The summed E-state index contributed by atoms with van der Waals surface area (Å²) >= 11 is 0. The quantitative estimate of drug-likeness (QED) is 0.576. The Morgan fingerprint density at radius 1 is 1.25 bits per heavy atom. The van der Waals surface area contributed by atoms with E-state index in [0.717, 1.165) is 0 Å². The van der Waals surface area contributed by atoms with Gasteiger partial charge in [-0.1, -0.05) is 44.6 Å². The van der Waals surface area contributed by atoms with Crippen LogP contribution in [-0.2, 0) is 0 Å². The molecule has 1 aliphatic carbocycles. The van der Waals surface area contributed by atoms with E-state index < -0.39 is 0 Å². The zero-order chi connectivity index (χ0) is 9.03. The highest BCUT2D eigenvalue weighted by atomic mass is 14.2. The average Bonchev–Trinajstić information content (AvgIpc) is 2.02. The fourth-order valence-corrected chi connectivity index (χ4v) is 1.37. The first-order valence-corrected chi connectivity index (χ1v) is 4.93. The maximum Gasteiger partial charge on any atom is -0.0277 e. The molecule has 0 atom stereocenters. The van der Waals surface area contributed by atoms with Crippen molar-refractivity contribution in [1.82, 2.24) is 0 Å². The molecule has 0 nitrogen and oxygen atoms in total. The highest BCUT2D eigenvalue weighted by Crippen LogP contribution is 2.25. The van der Waals surface area contributed by atoms with E-state index in [0.29, 0.717) is 5.41 Å². The Kier molecular flexibility index (Phi) is 3.13. The molecule has 0 saturated heterocycles. The first kappa shape index (κ1) is 9.57. The Morgan fingerprint density at radius 3 is 2.50 bits per heavy atom. The van der Waals surface area contributed by atoms with E-state index in [-0.39, 0.29) is 0 Å². The van der Waals surface area contributed by atoms with Crippen molar-refractivity contribution in [3.63, 3.8) is 0 Å². The summed E-state index contributed by atoms with van der Waals surface area (Å²) in [6.07, 6.45) is 12.0. The number of hydrogen-bond donors (Lipinski definition) is 0. The van der Waals surface area contributed by atoms with Crippen LogP contribution in [0.5, 0.6) is 0 Å². The lowest BCUT2D eigenvalue weighted by molar-refractivity contribution is 0.378. The summed E-state index contributed by atoms with van der Waals surface area (Å²) in [5.74, 6) is 0. The van der Waals surface area contributed by atoms with Crippen molar-refractivity contribution < 1.29 is 0 Å². The standard InChI is InChI=1S/C12H20/c1-12(2,3)10-9-11-7-5-4-6-8-11/h5,7-8H,4,6,9-10H2,1-3H3. The molecule has 0 aromatic carbocycles. The van der Waals surface area contributed by atoms with Gasteiger partial charge >= 0.3 is 0 Å². The zero-order valence-electron chi connectivity index (χ0n) is 8.56. The Hall–Kier alpha value is -0.520. The Labute approximate surface area is 76.4 Å². The molecule has 0 bridgehead atoms. The highest BCUT2D eigenvalue weighted by molar-refractivity contribution is 5.21. The Bertz CT molecular complexity index is 189. The fourth-order valence-electron chi connectivity index (χ4n) is 1.37. The monoisotopic (exact) mass is 164 g/mol. The second-order valence-corrected chi connectivity index (χ2v) is 4.82. The van der Waals surface area contributed by atoms with Crippen molar-refractivity contribution in [2.45, 2.75) is 46.5 Å². The third kappa shape index (κ3) is 3.75. The molecule has 0 unspecified atom stereocenters. The first-order chi connectivity index (χ1) is 5.58. The van der Waals surface area contributed by atoms with E-state index in [9.17, 15) is 0 Å². The minimum atomic E-state index is 0.478. The van der Waals surface area contributed by atoms with Crippen LogP contribution in [0.4, 0.5) is 0 Å². The van der Waals surface area contributed by atoms with E-state index >= 15 is 0 Å². The van der Waals surface area contributed by atoms with Gasteiger partial charge in [0.2, 0.25) is 0 Å². The topological polar surface area (TPSA) is 0 Å². The molecule has 12 heavy (non-hydrogen) atoms. The highest BCUT2D eigenvalue weighted by Gasteiger charge is 2.10. The SMILES string of the molecule is CC(C)(C)CCC1=CCCC=C1. The molecule has 0 heterocycles. The normalized spacial score (nSPS) is 17.8. The summed E-state index contributed by atoms with van der Waals surface area (Å²) < 4.78 is 0. The molecule has 0 spiro atoms. The van der Waals surface area contributed by atoms with Crippen molar-refractivity contribution in [2.24, 2.45) is 5.41 Å². The van der Waals surface area contributed by atoms with Gasteiger partial charge < -0.3 is 0 Å². The van der Waals surface area contributed by atoms with E-state index in [2.05, 4.69) is 39.0 Å². The van der Waals surface area contributed by atoms with Crippen LogP contribution in [0.15, 0.2) is 23.8 Å². The van der Waals surface area contributed by atoms with E-state index in [4.69, 9.17) is 0 Å². The third-order valence-electron chi connectivity index (χ3n) is 2.24. The first-order valence-electron chi connectivity index (χ1n) is 4.93. The Morgan fingerprint density at radius 2 is 2.00 bits per heavy atom. The van der Waals surface area contributed by atoms with Gasteiger partial charge in [-0.15, -0.1) is 0 Å². The van der Waals surface area contributed by atoms with Crippen molar-refractivity contribution >= 4 is 0 Å². The van der Waals surface area contributed by atoms with Gasteiger partial charge in [0, 0.05) is 0 Å². The molecule has 68 valence electrons. The van der Waals surface area contributed by atoms with Gasteiger partial charge in [0.15, 0.2) is 0 Å². The summed E-state index contributed by atoms with van der Waals surface area (Å²) in [5.41, 5.74) is 2.02. The molecule has 0 saturated carbocycles. The lowest BCUT2D eigenvalue weighted by atomic mass is 9.87. The fraction of sp³-hybridized carbons (Fsp3) is 0.667. The zero-order valence-corrected chi connectivity index (χ0v) is 8.56. The minimum Gasteiger partial charge on any atom is -0.0840 e. The largest absolute Gasteiger partial charge is 0.0840 e. The molecule has 0 aliphatic heterocycles. The molecule has 0 aromatic rings. The summed E-state index contributed by atoms with van der Waals surface area (Å²) in [6, 6.07) is 0. The van der Waals surface area contributed by atoms with Crippen molar-refractivity contribution in [3.05, 3.63) is 23.8 Å². The maximum atomic E-state index is 2.38. The van der Waals surface area contributed by atoms with E-state index in [1.807, 2.05) is 0 Å². The van der Waals surface area contributed by atoms with Crippen molar-refractivity contribution in [1.29, 1.82) is 0 Å². The van der Waals surface area contributed by atoms with Gasteiger partial charge in [-0.3, -0.25) is 0 Å². The second kappa shape index (κ2) is 3.93. The predicted octanol–water partition coefficient (Wildman–Crippen LogP) is 4.09. The summed E-state index contributed by atoms with van der Waals surface area (Å²) in [5, 5.41) is 0. The van der Waals surface area contributed by atoms with E-state index in [1.54, 1.807) is 0 Å². The van der Waals surface area contributed by atoms with Gasteiger partial charge in [-0.25, -0.2) is 0 Å². The molecule has 1 aliphatic rings. The molecule has 0 N–H and O–H groups in total. The van der Waals surface area contributed by atoms with Crippen LogP contribution in [0.2, 0.25) is 0 Å². The summed E-state index contributed by atoms with van der Waals surface area (Å²) in [7, 11) is 0. The summed E-state index contributed by atoms with van der Waals surface area (Å²) in [4.78, 5) is 0. The molecule has 0 fully saturated rings. The lowest BCUT2D eigenvalue weighted by Crippen LogP contribution is -2.04. The van der Waals surface area contributed by atoms with E-state index in [1.165, 1.54) is 31.3 Å². The van der Waals surface area contributed by atoms with Gasteiger partial charge in [-0.2, -0.15) is 0 Å². The molecular weight excluding hydrogens is 144 g/mol. The molecule has 0 radical (unpaired) electrons. The van der Waals surface area contributed by atoms with Crippen molar-refractivity contribution in [3.8, 4) is 0 Å². The lowest BCUT2D eigenvalue weighted by Gasteiger charge is -2.18. The van der Waals surface area contributed by atoms with Gasteiger partial charge in [0.1, 0.15) is 0 Å². The molecule has 1 rings (SSSR count). The molecule has 0 heteroatoms. The van der Waals surface area contributed by atoms with Crippen LogP contribution < -0.4 is 0 Å². The van der Waals surface area contributed by atoms with Gasteiger partial charge in [0.05, 0.1) is 0 Å². The van der Waals surface area contributed by atoms with Crippen LogP contribution >= 0.6 is 0 Å². The van der Waals surface area contributed by atoms with Crippen LogP contribution in [0, 0.1) is 5.41 Å². The molecule has 0 aromatic heterocycles. The van der Waals surface area contributed by atoms with Crippen LogP contribution in [-0.4, -0.2) is 0 Å². The van der Waals surface area contributed by atoms with Gasteiger partial charge in [0.25, 0.3) is 0 Å². The number of rotatable bonds is 2. The second-order valence-electron chi connectivity index (χ2n) is 4.82. The average molecular weight is 164 g/mol. The maximum absolute atomic E-state index is 2.38. The predicted molar refractivity (Wildman–Crippen MR) is 55.1 cm³/mol. The summed E-state index contributed by atoms with van der Waals surface area (Å²) in [6.45, 7) is 6.92. The molecule has 0 amide bonds. The number of allylic oxidation sites excluding steroid dienone is 4. The van der Waals surface area contributed by atoms with Crippen LogP contribution in [0.25, 0.3) is 0 Å². The Balaban J connectivity index is 2.32. The minimum absolute atomic E-state index is 0.478. The van der Waals surface area contributed by atoms with Crippen molar-refractivity contribution in [2.75, 3.05) is 0 Å². The van der Waals surface area contributed by atoms with Crippen LogP contribution in [0.3, 0.4) is 0 Å². The third-order valence-corrected chi connectivity index (χ3v) is 2.24. The number of hydrogen-bond acceptors (Lipinski definition) is 0. The van der Waals surface area contributed by atoms with Gasteiger partial charge in [-0.05, 0) is 31.1 Å². The smallest absolute Gasteiger partial charge is 0.0277 e. The van der Waals surface area contributed by atoms with Crippen LogP contribution in [0.1, 0.15) is 46.5 Å².